The number of para-hydroxylation sites is 1. The smallest absolute Gasteiger partial charge is 0.250 e. The normalized spacial score (nSPS) is 17.8. The van der Waals surface area contributed by atoms with E-state index in [9.17, 15) is 9.59 Å². The Morgan fingerprint density at radius 2 is 1.75 bits per heavy atom. The van der Waals surface area contributed by atoms with Crippen LogP contribution in [0.1, 0.15) is 22.5 Å². The number of nitrogens with zero attached hydrogens (tertiary/aromatic N) is 2. The molecule has 1 unspecified atom stereocenters. The lowest BCUT2D eigenvalue weighted by atomic mass is 9.88. The van der Waals surface area contributed by atoms with Crippen LogP contribution >= 0.6 is 0 Å². The molecule has 1 aliphatic rings. The van der Waals surface area contributed by atoms with Crippen molar-refractivity contribution in [3.8, 4) is 5.69 Å². The third kappa shape index (κ3) is 3.91. The fraction of sp³-hybridized carbons (Fsp3) is 0.125. The Morgan fingerprint density at radius 3 is 2.41 bits per heavy atom. The summed E-state index contributed by atoms with van der Waals surface area (Å²) in [7, 11) is 0. The van der Waals surface area contributed by atoms with Crippen molar-refractivity contribution < 1.29 is 14.4 Å². The predicted octanol–water partition coefficient (Wildman–Crippen LogP) is 2.38. The van der Waals surface area contributed by atoms with Crippen LogP contribution in [0.4, 0.5) is 0 Å². The molecule has 4 N–H and O–H groups in total. The summed E-state index contributed by atoms with van der Waals surface area (Å²) >= 11 is 0. The number of amides is 2. The molecule has 1 aliphatic heterocycles. The second kappa shape index (κ2) is 8.52. The van der Waals surface area contributed by atoms with Crippen molar-refractivity contribution in [1.29, 1.82) is 0 Å². The number of hydrogen-bond acceptors (Lipinski definition) is 5. The van der Waals surface area contributed by atoms with Crippen LogP contribution in [0.2, 0.25) is 0 Å². The Kier molecular flexibility index (Phi) is 5.61. The Hall–Kier alpha value is -4.17. The van der Waals surface area contributed by atoms with Gasteiger partial charge in [-0.1, -0.05) is 48.5 Å². The lowest BCUT2D eigenvalue weighted by molar-refractivity contribution is -0.126. The highest BCUT2D eigenvalue weighted by Crippen LogP contribution is 2.34. The molecule has 8 heteroatoms. The average molecular weight is 429 g/mol. The van der Waals surface area contributed by atoms with Gasteiger partial charge in [0.05, 0.1) is 11.4 Å². The van der Waals surface area contributed by atoms with Crippen molar-refractivity contribution in [2.24, 2.45) is 5.73 Å². The van der Waals surface area contributed by atoms with Crippen molar-refractivity contribution in [1.82, 2.24) is 20.6 Å². The van der Waals surface area contributed by atoms with Crippen LogP contribution in [0.5, 0.6) is 0 Å². The van der Waals surface area contributed by atoms with E-state index in [0.717, 1.165) is 16.9 Å². The van der Waals surface area contributed by atoms with Gasteiger partial charge >= 0.3 is 0 Å². The van der Waals surface area contributed by atoms with E-state index in [1.165, 1.54) is 12.2 Å². The number of rotatable bonds is 6. The summed E-state index contributed by atoms with van der Waals surface area (Å²) in [5.41, 5.74) is 10.6. The molecular weight excluding hydrogens is 406 g/mol. The standard InChI is InChI=1S/C24H23N5O3/c1-16-22(17(2)29(27-16)19-11-7-4-8-12-19)24(23(25)31)15-21(32-28-24)26-20(30)14-13-18-9-5-3-6-10-18/h3-15,28H,1-2H3,(H2,25,31)(H,26,30). The van der Waals surface area contributed by atoms with Crippen molar-refractivity contribution in [2.45, 2.75) is 19.4 Å². The van der Waals surface area contributed by atoms with E-state index >= 15 is 0 Å². The van der Waals surface area contributed by atoms with Gasteiger partial charge in [-0.15, -0.1) is 5.48 Å². The van der Waals surface area contributed by atoms with Crippen LogP contribution in [0.15, 0.2) is 78.7 Å². The fourth-order valence-corrected chi connectivity index (χ4v) is 3.75. The number of benzene rings is 2. The molecule has 4 rings (SSSR count). The van der Waals surface area contributed by atoms with E-state index < -0.39 is 17.4 Å². The number of nitrogens with two attached hydrogens (primary N) is 1. The Bertz CT molecular complexity index is 1220. The van der Waals surface area contributed by atoms with Crippen LogP contribution < -0.4 is 16.5 Å². The summed E-state index contributed by atoms with van der Waals surface area (Å²) in [6.07, 6.45) is 4.53. The zero-order chi connectivity index (χ0) is 22.7. The first-order chi connectivity index (χ1) is 15.4. The molecule has 2 heterocycles. The van der Waals surface area contributed by atoms with E-state index in [0.29, 0.717) is 11.3 Å². The number of carbonyl (C=O) groups excluding carboxylic acids is 2. The number of aromatic nitrogens is 2. The number of hydroxylamine groups is 1. The topological polar surface area (TPSA) is 111 Å². The molecule has 0 saturated carbocycles. The maximum absolute atomic E-state index is 12.6. The largest absolute Gasteiger partial charge is 0.389 e. The van der Waals surface area contributed by atoms with Crippen LogP contribution in [-0.2, 0) is 20.0 Å². The first kappa shape index (κ1) is 21.1. The van der Waals surface area contributed by atoms with Gasteiger partial charge in [-0.05, 0) is 37.6 Å². The summed E-state index contributed by atoms with van der Waals surface area (Å²) in [6.45, 7) is 3.64. The highest BCUT2D eigenvalue weighted by atomic mass is 16.7. The lowest BCUT2D eigenvalue weighted by Gasteiger charge is -2.22. The van der Waals surface area contributed by atoms with Crippen molar-refractivity contribution in [2.75, 3.05) is 0 Å². The van der Waals surface area contributed by atoms with E-state index in [2.05, 4.69) is 15.9 Å². The Balaban J connectivity index is 1.63. The molecule has 0 radical (unpaired) electrons. The van der Waals surface area contributed by atoms with Crippen molar-refractivity contribution in [3.63, 3.8) is 0 Å². The third-order valence-electron chi connectivity index (χ3n) is 5.22. The molecule has 0 fully saturated rings. The monoisotopic (exact) mass is 429 g/mol. The minimum Gasteiger partial charge on any atom is -0.389 e. The number of carbonyl (C=O) groups is 2. The van der Waals surface area contributed by atoms with Crippen LogP contribution in [0, 0.1) is 13.8 Å². The fourth-order valence-electron chi connectivity index (χ4n) is 3.75. The lowest BCUT2D eigenvalue weighted by Crippen LogP contribution is -2.48. The van der Waals surface area contributed by atoms with Gasteiger partial charge in [0.25, 0.3) is 5.91 Å². The summed E-state index contributed by atoms with van der Waals surface area (Å²) in [5.74, 6) is -1.01. The van der Waals surface area contributed by atoms with Gasteiger partial charge in [0.15, 0.2) is 5.54 Å². The number of aryl methyl sites for hydroxylation is 1. The van der Waals surface area contributed by atoms with E-state index in [1.807, 2.05) is 67.6 Å². The van der Waals surface area contributed by atoms with Gasteiger partial charge in [0.2, 0.25) is 11.8 Å². The molecule has 162 valence electrons. The molecule has 0 saturated heterocycles. The number of hydrogen-bond donors (Lipinski definition) is 3. The Morgan fingerprint density at radius 1 is 1.09 bits per heavy atom. The van der Waals surface area contributed by atoms with Crippen molar-refractivity contribution in [3.05, 3.63) is 101 Å². The maximum Gasteiger partial charge on any atom is 0.250 e. The summed E-state index contributed by atoms with van der Waals surface area (Å²) in [5, 5.41) is 7.21. The van der Waals surface area contributed by atoms with Gasteiger partial charge in [-0.25, -0.2) is 4.68 Å². The predicted molar refractivity (Wildman–Crippen MR) is 120 cm³/mol. The van der Waals surface area contributed by atoms with Crippen molar-refractivity contribution >= 4 is 17.9 Å². The minimum atomic E-state index is -1.48. The van der Waals surface area contributed by atoms with Crippen LogP contribution in [-0.4, -0.2) is 21.6 Å². The summed E-state index contributed by atoms with van der Waals surface area (Å²) in [6, 6.07) is 19.0. The van der Waals surface area contributed by atoms with Gasteiger partial charge in [0.1, 0.15) is 0 Å². The van der Waals surface area contributed by atoms with Gasteiger partial charge in [0, 0.05) is 23.4 Å². The molecule has 1 aromatic heterocycles. The highest BCUT2D eigenvalue weighted by Gasteiger charge is 2.46. The molecule has 0 spiro atoms. The zero-order valence-corrected chi connectivity index (χ0v) is 17.7. The van der Waals surface area contributed by atoms with Gasteiger partial charge < -0.3 is 10.6 Å². The number of nitrogens with one attached hydrogen (secondary N) is 2. The van der Waals surface area contributed by atoms with Gasteiger partial charge in [-0.3, -0.25) is 14.9 Å². The summed E-state index contributed by atoms with van der Waals surface area (Å²) < 4.78 is 1.74. The molecule has 2 amide bonds. The molecule has 1 atom stereocenters. The molecular formula is C24H23N5O3. The first-order valence-corrected chi connectivity index (χ1v) is 10.0. The van der Waals surface area contributed by atoms with Crippen LogP contribution in [0.25, 0.3) is 11.8 Å². The third-order valence-corrected chi connectivity index (χ3v) is 5.22. The van der Waals surface area contributed by atoms with E-state index in [4.69, 9.17) is 10.6 Å². The zero-order valence-electron chi connectivity index (χ0n) is 17.7. The first-order valence-electron chi connectivity index (χ1n) is 10.0. The second-order valence-corrected chi connectivity index (χ2v) is 7.41. The maximum atomic E-state index is 12.6. The second-order valence-electron chi connectivity index (χ2n) is 7.41. The molecule has 3 aromatic rings. The molecule has 0 bridgehead atoms. The Labute approximate surface area is 185 Å². The van der Waals surface area contributed by atoms with Crippen LogP contribution in [0.3, 0.4) is 0 Å². The molecule has 8 nitrogen and oxygen atoms in total. The molecule has 0 aliphatic carbocycles. The summed E-state index contributed by atoms with van der Waals surface area (Å²) in [4.78, 5) is 30.4. The minimum absolute atomic E-state index is 0.0813. The molecule has 32 heavy (non-hydrogen) atoms. The molecule has 2 aromatic carbocycles. The average Bonchev–Trinajstić information content (AvgIpc) is 3.34. The van der Waals surface area contributed by atoms with Gasteiger partial charge in [-0.2, -0.15) is 5.10 Å². The SMILES string of the molecule is Cc1nn(-c2ccccc2)c(C)c1C1(C(N)=O)C=C(NC(=O)C=Cc2ccccc2)ON1. The quantitative estimate of drug-likeness (QED) is 0.521. The number of primary amides is 1. The van der Waals surface area contributed by atoms with E-state index in [-0.39, 0.29) is 5.88 Å². The highest BCUT2D eigenvalue weighted by molar-refractivity contribution is 5.93. The van der Waals surface area contributed by atoms with E-state index in [1.54, 1.807) is 17.7 Å².